The van der Waals surface area contributed by atoms with Crippen LogP contribution in [0, 0.1) is 5.92 Å². The minimum absolute atomic E-state index is 0.0461. The monoisotopic (exact) mass is 352 g/mol. The zero-order valence-electron chi connectivity index (χ0n) is 15.4. The Morgan fingerprint density at radius 2 is 2.04 bits per heavy atom. The summed E-state index contributed by atoms with van der Waals surface area (Å²) in [7, 11) is 0. The number of carbonyl (C=O) groups excluding carboxylic acids is 2. The standard InChI is InChI=1S/C20H32O5/c1-2-3-4-5-7-12-17-13-20(14-21,25-19(17)23)15-24-18(22)16-10-8-6-9-11-16/h12,16,21H,2-11,13-15H2,1H3/b17-12+. The van der Waals surface area contributed by atoms with Crippen LogP contribution in [0.15, 0.2) is 11.6 Å². The van der Waals surface area contributed by atoms with Crippen LogP contribution >= 0.6 is 0 Å². The molecule has 1 aliphatic heterocycles. The van der Waals surface area contributed by atoms with E-state index in [1.54, 1.807) is 0 Å². The van der Waals surface area contributed by atoms with E-state index in [0.717, 1.165) is 44.9 Å². The summed E-state index contributed by atoms with van der Waals surface area (Å²) in [6.45, 7) is 1.78. The maximum absolute atomic E-state index is 12.2. The Labute approximate surface area is 150 Å². The van der Waals surface area contributed by atoms with E-state index in [9.17, 15) is 14.7 Å². The molecule has 1 atom stereocenters. The van der Waals surface area contributed by atoms with Crippen LogP contribution in [0.25, 0.3) is 0 Å². The zero-order valence-corrected chi connectivity index (χ0v) is 15.4. The molecule has 5 nitrogen and oxygen atoms in total. The van der Waals surface area contributed by atoms with Crippen molar-refractivity contribution in [2.45, 2.75) is 83.2 Å². The number of allylic oxidation sites excluding steroid dienone is 1. The van der Waals surface area contributed by atoms with Gasteiger partial charge in [-0.05, 0) is 25.7 Å². The van der Waals surface area contributed by atoms with Gasteiger partial charge < -0.3 is 14.6 Å². The second kappa shape index (κ2) is 9.95. The van der Waals surface area contributed by atoms with Crippen molar-refractivity contribution in [3.63, 3.8) is 0 Å². The summed E-state index contributed by atoms with van der Waals surface area (Å²) >= 11 is 0. The van der Waals surface area contributed by atoms with E-state index in [0.29, 0.717) is 12.0 Å². The third-order valence-corrected chi connectivity index (χ3v) is 5.24. The maximum atomic E-state index is 12.2. The van der Waals surface area contributed by atoms with Crippen molar-refractivity contribution in [2.24, 2.45) is 5.92 Å². The van der Waals surface area contributed by atoms with Gasteiger partial charge in [-0.1, -0.05) is 51.5 Å². The van der Waals surface area contributed by atoms with E-state index in [4.69, 9.17) is 9.47 Å². The first-order valence-electron chi connectivity index (χ1n) is 9.80. The summed E-state index contributed by atoms with van der Waals surface area (Å²) in [5, 5.41) is 9.72. The highest BCUT2D eigenvalue weighted by Gasteiger charge is 2.44. The molecule has 1 saturated heterocycles. The molecule has 0 aromatic heterocycles. The predicted molar refractivity (Wildman–Crippen MR) is 94.9 cm³/mol. The summed E-state index contributed by atoms with van der Waals surface area (Å²) in [5.41, 5.74) is -0.504. The highest BCUT2D eigenvalue weighted by molar-refractivity contribution is 5.91. The van der Waals surface area contributed by atoms with Gasteiger partial charge in [0.25, 0.3) is 0 Å². The van der Waals surface area contributed by atoms with Crippen LogP contribution in [0.4, 0.5) is 0 Å². The van der Waals surface area contributed by atoms with Gasteiger partial charge >= 0.3 is 11.9 Å². The topological polar surface area (TPSA) is 72.8 Å². The van der Waals surface area contributed by atoms with Crippen molar-refractivity contribution in [2.75, 3.05) is 13.2 Å². The molecule has 0 spiro atoms. The minimum Gasteiger partial charge on any atom is -0.461 e. The number of cyclic esters (lactones) is 1. The van der Waals surface area contributed by atoms with Gasteiger partial charge in [0.05, 0.1) is 12.5 Å². The van der Waals surface area contributed by atoms with E-state index in [1.807, 2.05) is 6.08 Å². The quantitative estimate of drug-likeness (QED) is 0.389. The molecule has 0 radical (unpaired) electrons. The van der Waals surface area contributed by atoms with Gasteiger partial charge in [0.1, 0.15) is 6.61 Å². The van der Waals surface area contributed by atoms with Crippen LogP contribution in [0.1, 0.15) is 77.6 Å². The fourth-order valence-electron chi connectivity index (χ4n) is 3.59. The molecule has 2 fully saturated rings. The first-order chi connectivity index (χ1) is 12.1. The molecular formula is C20H32O5. The second-order valence-corrected chi connectivity index (χ2v) is 7.43. The van der Waals surface area contributed by atoms with Crippen LogP contribution in [0.3, 0.4) is 0 Å². The Bertz CT molecular complexity index is 478. The van der Waals surface area contributed by atoms with Crippen LogP contribution in [-0.2, 0) is 19.1 Å². The number of ether oxygens (including phenoxy) is 2. The Morgan fingerprint density at radius 1 is 1.28 bits per heavy atom. The van der Waals surface area contributed by atoms with Crippen LogP contribution in [-0.4, -0.2) is 35.9 Å². The molecule has 142 valence electrons. The van der Waals surface area contributed by atoms with Gasteiger partial charge in [0.15, 0.2) is 5.60 Å². The van der Waals surface area contributed by atoms with E-state index in [1.165, 1.54) is 19.3 Å². The molecule has 1 saturated carbocycles. The Hall–Kier alpha value is -1.36. The van der Waals surface area contributed by atoms with Crippen LogP contribution < -0.4 is 0 Å². The summed E-state index contributed by atoms with van der Waals surface area (Å²) in [6, 6.07) is 0. The second-order valence-electron chi connectivity index (χ2n) is 7.43. The van der Waals surface area contributed by atoms with Crippen molar-refractivity contribution >= 4 is 11.9 Å². The molecule has 1 aliphatic carbocycles. The number of esters is 2. The number of hydrogen-bond acceptors (Lipinski definition) is 5. The van der Waals surface area contributed by atoms with Gasteiger partial charge in [-0.25, -0.2) is 4.79 Å². The van der Waals surface area contributed by atoms with Crippen LogP contribution in [0.2, 0.25) is 0 Å². The van der Waals surface area contributed by atoms with E-state index in [2.05, 4.69) is 6.92 Å². The van der Waals surface area contributed by atoms with E-state index >= 15 is 0 Å². The number of aliphatic hydroxyl groups is 1. The first-order valence-corrected chi connectivity index (χ1v) is 9.80. The van der Waals surface area contributed by atoms with Gasteiger partial charge in [0, 0.05) is 12.0 Å². The fourth-order valence-corrected chi connectivity index (χ4v) is 3.59. The lowest BCUT2D eigenvalue weighted by Gasteiger charge is -2.26. The smallest absolute Gasteiger partial charge is 0.334 e. The Kier molecular flexibility index (Phi) is 7.94. The molecule has 5 heteroatoms. The fraction of sp³-hybridized carbons (Fsp3) is 0.800. The number of rotatable bonds is 9. The molecule has 2 aliphatic rings. The van der Waals surface area contributed by atoms with Crippen molar-refractivity contribution in [1.29, 1.82) is 0 Å². The lowest BCUT2D eigenvalue weighted by atomic mass is 9.89. The molecule has 2 rings (SSSR count). The number of unbranched alkanes of at least 4 members (excludes halogenated alkanes) is 4. The maximum Gasteiger partial charge on any atom is 0.334 e. The number of aliphatic hydroxyl groups excluding tert-OH is 1. The molecule has 25 heavy (non-hydrogen) atoms. The number of carbonyl (C=O) groups is 2. The third kappa shape index (κ3) is 5.84. The van der Waals surface area contributed by atoms with Crippen molar-refractivity contribution in [1.82, 2.24) is 0 Å². The van der Waals surface area contributed by atoms with Crippen LogP contribution in [0.5, 0.6) is 0 Å². The normalized spacial score (nSPS) is 26.0. The lowest BCUT2D eigenvalue weighted by Crippen LogP contribution is -2.40. The van der Waals surface area contributed by atoms with Gasteiger partial charge in [0.2, 0.25) is 0 Å². The molecule has 1 unspecified atom stereocenters. The molecule has 0 amide bonds. The minimum atomic E-state index is -1.10. The largest absolute Gasteiger partial charge is 0.461 e. The van der Waals surface area contributed by atoms with Crippen molar-refractivity contribution in [3.05, 3.63) is 11.6 Å². The zero-order chi connectivity index (χ0) is 18.1. The lowest BCUT2D eigenvalue weighted by molar-refractivity contribution is -0.169. The summed E-state index contributed by atoms with van der Waals surface area (Å²) in [4.78, 5) is 24.3. The van der Waals surface area contributed by atoms with E-state index < -0.39 is 11.6 Å². The van der Waals surface area contributed by atoms with Gasteiger partial charge in [-0.15, -0.1) is 0 Å². The average Bonchev–Trinajstić information content (AvgIpc) is 2.97. The highest BCUT2D eigenvalue weighted by atomic mass is 16.6. The van der Waals surface area contributed by atoms with Crippen molar-refractivity contribution in [3.8, 4) is 0 Å². The molecular weight excluding hydrogens is 320 g/mol. The molecule has 1 N–H and O–H groups in total. The molecule has 0 aromatic rings. The number of hydrogen-bond donors (Lipinski definition) is 1. The average molecular weight is 352 g/mol. The summed E-state index contributed by atoms with van der Waals surface area (Å²) in [5.74, 6) is -0.658. The molecule has 0 bridgehead atoms. The molecule has 1 heterocycles. The van der Waals surface area contributed by atoms with Crippen molar-refractivity contribution < 1.29 is 24.2 Å². The summed E-state index contributed by atoms with van der Waals surface area (Å²) in [6.07, 6.45) is 12.7. The summed E-state index contributed by atoms with van der Waals surface area (Å²) < 4.78 is 10.8. The SMILES string of the molecule is CCCCCC/C=C1\CC(CO)(COC(=O)C2CCCCC2)OC1=O. The Morgan fingerprint density at radius 3 is 2.72 bits per heavy atom. The molecule has 0 aromatic carbocycles. The van der Waals surface area contributed by atoms with Gasteiger partial charge in [-0.2, -0.15) is 0 Å². The predicted octanol–water partition coefficient (Wildman–Crippen LogP) is 3.68. The van der Waals surface area contributed by atoms with Gasteiger partial charge in [-0.3, -0.25) is 4.79 Å². The third-order valence-electron chi connectivity index (χ3n) is 5.24. The van der Waals surface area contributed by atoms with E-state index in [-0.39, 0.29) is 25.1 Å². The Balaban J connectivity index is 1.84. The highest BCUT2D eigenvalue weighted by Crippen LogP contribution is 2.32. The first kappa shape index (κ1) is 20.0.